The second-order valence-corrected chi connectivity index (χ2v) is 21.9. The molecule has 1 aliphatic rings. The lowest BCUT2D eigenvalue weighted by molar-refractivity contribution is -0.131. The van der Waals surface area contributed by atoms with Crippen LogP contribution in [0.15, 0.2) is 48.5 Å². The van der Waals surface area contributed by atoms with Crippen LogP contribution < -0.4 is 20.9 Å². The fraction of sp³-hybridized carbons (Fsp3) is 0.640. The summed E-state index contributed by atoms with van der Waals surface area (Å²) in [5, 5.41) is 18.5. The summed E-state index contributed by atoms with van der Waals surface area (Å²) < 4.78 is 14.5. The molecule has 2 aromatic carbocycles. The van der Waals surface area contributed by atoms with Crippen molar-refractivity contribution in [3.05, 3.63) is 54.1 Å². The quantitative estimate of drug-likeness (QED) is 0.0552. The van der Waals surface area contributed by atoms with Crippen LogP contribution in [-0.2, 0) is 41.7 Å². The number of nitrogens with zero attached hydrogens (tertiary/aromatic N) is 4. The van der Waals surface area contributed by atoms with Gasteiger partial charge in [0, 0.05) is 85.7 Å². The molecule has 362 valence electrons. The van der Waals surface area contributed by atoms with Crippen LogP contribution >= 0.6 is 21.6 Å². The summed E-state index contributed by atoms with van der Waals surface area (Å²) in [6, 6.07) is 15.8. The van der Waals surface area contributed by atoms with Gasteiger partial charge in [-0.05, 0) is 92.2 Å². The highest BCUT2D eigenvalue weighted by molar-refractivity contribution is 8.76. The van der Waals surface area contributed by atoms with E-state index in [2.05, 4.69) is 55.8 Å². The summed E-state index contributed by atoms with van der Waals surface area (Å²) in [6.07, 6.45) is 4.24. The molecule has 0 radical (unpaired) electrons. The van der Waals surface area contributed by atoms with Gasteiger partial charge in [-0.3, -0.25) is 19.2 Å². The number of amides is 4. The maximum Gasteiger partial charge on any atom is 0.227 e. The van der Waals surface area contributed by atoms with Gasteiger partial charge in [0.1, 0.15) is 5.69 Å². The second-order valence-electron chi connectivity index (χ2n) is 19.0. The zero-order valence-corrected chi connectivity index (χ0v) is 43.3. The van der Waals surface area contributed by atoms with Gasteiger partial charge in [0.15, 0.2) is 0 Å². The van der Waals surface area contributed by atoms with Crippen molar-refractivity contribution in [3.63, 3.8) is 0 Å². The number of aryl methyl sites for hydroxylation is 1. The maximum absolute atomic E-state index is 14.2. The van der Waals surface area contributed by atoms with E-state index in [9.17, 15) is 19.2 Å². The molecule has 1 unspecified atom stereocenters. The SMILES string of the molecule is CC.CCNC(=O)CCC(C)SSCCC(C)(C)OCCC(C)(C)NC(=O)CCC(=O)N1Cc2ccccc2-c2c(nnn2CCC(C)(C)OCCC(C)(C)C(=O)NC)-c2ccccc21. The van der Waals surface area contributed by atoms with Gasteiger partial charge in [0.05, 0.1) is 29.1 Å². The molecule has 15 heteroatoms. The highest BCUT2D eigenvalue weighted by Gasteiger charge is 2.32. The molecule has 0 saturated heterocycles. The number of hydrogen-bond donors (Lipinski definition) is 3. The Balaban J connectivity index is 0.00000553. The van der Waals surface area contributed by atoms with Crippen molar-refractivity contribution in [1.29, 1.82) is 0 Å². The maximum atomic E-state index is 14.2. The van der Waals surface area contributed by atoms with Crippen LogP contribution in [0.25, 0.3) is 22.5 Å². The van der Waals surface area contributed by atoms with Gasteiger partial charge in [-0.25, -0.2) is 4.68 Å². The lowest BCUT2D eigenvalue weighted by Crippen LogP contribution is -2.45. The Morgan fingerprint density at radius 1 is 0.800 bits per heavy atom. The predicted molar refractivity (Wildman–Crippen MR) is 269 cm³/mol. The van der Waals surface area contributed by atoms with Gasteiger partial charge in [-0.2, -0.15) is 0 Å². The molecular formula is C50H79N7O6S2. The molecule has 65 heavy (non-hydrogen) atoms. The molecule has 0 bridgehead atoms. The topological polar surface area (TPSA) is 157 Å². The lowest BCUT2D eigenvalue weighted by atomic mass is 9.88. The smallest absolute Gasteiger partial charge is 0.227 e. The van der Waals surface area contributed by atoms with E-state index < -0.39 is 16.6 Å². The molecule has 0 fully saturated rings. The minimum Gasteiger partial charge on any atom is -0.375 e. The Morgan fingerprint density at radius 2 is 1.43 bits per heavy atom. The number of aromatic nitrogens is 3. The van der Waals surface area contributed by atoms with E-state index in [0.717, 1.165) is 46.7 Å². The van der Waals surface area contributed by atoms with E-state index in [0.29, 0.717) is 69.5 Å². The molecule has 3 N–H and O–H groups in total. The van der Waals surface area contributed by atoms with E-state index >= 15 is 0 Å². The summed E-state index contributed by atoms with van der Waals surface area (Å²) in [5.41, 5.74) is 3.10. The van der Waals surface area contributed by atoms with E-state index in [1.807, 2.05) is 123 Å². The van der Waals surface area contributed by atoms with E-state index in [1.165, 1.54) is 0 Å². The molecule has 4 amide bonds. The van der Waals surface area contributed by atoms with Crippen molar-refractivity contribution in [2.45, 2.75) is 170 Å². The van der Waals surface area contributed by atoms with Gasteiger partial charge in [-0.15, -0.1) is 5.10 Å². The number of para-hydroxylation sites is 1. The van der Waals surface area contributed by atoms with Crippen molar-refractivity contribution < 1.29 is 28.7 Å². The minimum absolute atomic E-state index is 0.0119. The van der Waals surface area contributed by atoms with Gasteiger partial charge < -0.3 is 30.3 Å². The summed E-state index contributed by atoms with van der Waals surface area (Å²) in [7, 11) is 5.28. The number of hydrogen-bond acceptors (Lipinski definition) is 10. The molecule has 1 aliphatic heterocycles. The fourth-order valence-electron chi connectivity index (χ4n) is 7.31. The Hall–Kier alpha value is -3.92. The molecule has 3 aromatic rings. The van der Waals surface area contributed by atoms with Crippen molar-refractivity contribution in [2.24, 2.45) is 5.41 Å². The number of anilines is 1. The van der Waals surface area contributed by atoms with Crippen LogP contribution in [0.2, 0.25) is 0 Å². The average molecular weight is 938 g/mol. The molecule has 2 heterocycles. The third kappa shape index (κ3) is 17.7. The number of ether oxygens (including phenoxy) is 2. The predicted octanol–water partition coefficient (Wildman–Crippen LogP) is 9.77. The van der Waals surface area contributed by atoms with Crippen LogP contribution in [0.1, 0.15) is 140 Å². The Bertz CT molecular complexity index is 2000. The van der Waals surface area contributed by atoms with Gasteiger partial charge >= 0.3 is 0 Å². The molecule has 0 aliphatic carbocycles. The van der Waals surface area contributed by atoms with Gasteiger partial charge in [0.25, 0.3) is 0 Å². The summed E-state index contributed by atoms with van der Waals surface area (Å²) in [5.74, 6) is 0.690. The minimum atomic E-state index is -0.535. The van der Waals surface area contributed by atoms with Crippen LogP contribution in [-0.4, -0.2) is 93.2 Å². The first-order valence-corrected chi connectivity index (χ1v) is 25.8. The third-order valence-corrected chi connectivity index (χ3v) is 14.5. The standard InChI is InChI=1S/C48H73N7O6S2.C2H6/c1-12-50-39(56)22-21-34(2)63-62-32-28-48(9,10)61-31-27-46(5,6)51-40(57)23-24-41(58)54-33-35-17-13-14-18-36(35)43-42(37-19-15-16-20-38(37)54)52-53-55(43)29-25-47(7,8)60-30-26-45(3,4)44(59)49-11;1-2/h13-20,34H,12,21-33H2,1-11H3,(H,49,59)(H,50,56)(H,51,57);1-2H3. The zero-order chi connectivity index (χ0) is 48.4. The van der Waals surface area contributed by atoms with Crippen molar-refractivity contribution in [3.8, 4) is 22.5 Å². The summed E-state index contributed by atoms with van der Waals surface area (Å²) in [6.45, 7) is 26.7. The van der Waals surface area contributed by atoms with Crippen LogP contribution in [0, 0.1) is 5.41 Å². The first-order valence-electron chi connectivity index (χ1n) is 23.4. The summed E-state index contributed by atoms with van der Waals surface area (Å²) in [4.78, 5) is 53.4. The first kappa shape index (κ1) is 55.4. The van der Waals surface area contributed by atoms with Crippen molar-refractivity contribution >= 4 is 50.9 Å². The Morgan fingerprint density at radius 3 is 2.11 bits per heavy atom. The average Bonchev–Trinajstić information content (AvgIpc) is 3.67. The monoisotopic (exact) mass is 938 g/mol. The highest BCUT2D eigenvalue weighted by atomic mass is 33.1. The molecule has 0 spiro atoms. The number of benzene rings is 2. The van der Waals surface area contributed by atoms with Crippen LogP contribution in [0.4, 0.5) is 5.69 Å². The van der Waals surface area contributed by atoms with Gasteiger partial charge in [0.2, 0.25) is 23.6 Å². The number of fused-ring (bicyclic) bond motifs is 5. The van der Waals surface area contributed by atoms with Gasteiger partial charge in [-0.1, -0.05) is 104 Å². The third-order valence-electron chi connectivity index (χ3n) is 11.5. The molecule has 1 atom stereocenters. The number of nitrogens with one attached hydrogen (secondary N) is 3. The fourth-order valence-corrected chi connectivity index (χ4v) is 9.95. The Labute approximate surface area is 397 Å². The molecule has 0 saturated carbocycles. The Kier molecular flexibility index (Phi) is 22.0. The summed E-state index contributed by atoms with van der Waals surface area (Å²) >= 11 is 0. The van der Waals surface area contributed by atoms with E-state index in [4.69, 9.17) is 14.6 Å². The number of carbonyl (C=O) groups is 4. The van der Waals surface area contributed by atoms with E-state index in [-0.39, 0.29) is 42.1 Å². The molecular weight excluding hydrogens is 859 g/mol. The molecule has 1 aromatic heterocycles. The zero-order valence-electron chi connectivity index (χ0n) is 41.7. The largest absolute Gasteiger partial charge is 0.375 e. The first-order chi connectivity index (χ1) is 30.7. The van der Waals surface area contributed by atoms with Crippen LogP contribution in [0.5, 0.6) is 0 Å². The number of rotatable bonds is 25. The molecule has 13 nitrogen and oxygen atoms in total. The normalized spacial score (nSPS) is 13.2. The highest BCUT2D eigenvalue weighted by Crippen LogP contribution is 2.41. The van der Waals surface area contributed by atoms with Crippen molar-refractivity contribution in [2.75, 3.05) is 37.5 Å². The number of carbonyl (C=O) groups excluding carboxylic acids is 4. The van der Waals surface area contributed by atoms with Crippen molar-refractivity contribution in [1.82, 2.24) is 30.9 Å². The van der Waals surface area contributed by atoms with Crippen LogP contribution in [0.3, 0.4) is 0 Å². The van der Waals surface area contributed by atoms with E-state index in [1.54, 1.807) is 11.9 Å². The molecule has 4 rings (SSSR count). The lowest BCUT2D eigenvalue weighted by Gasteiger charge is -2.31. The second kappa shape index (κ2) is 25.8.